The van der Waals surface area contributed by atoms with E-state index in [1.807, 2.05) is 67.3 Å². The van der Waals surface area contributed by atoms with Crippen LogP contribution in [-0.2, 0) is 6.54 Å². The Morgan fingerprint density at radius 1 is 1.20 bits per heavy atom. The van der Waals surface area contributed by atoms with Crippen molar-refractivity contribution in [2.75, 3.05) is 26.7 Å². The number of pyridine rings is 1. The van der Waals surface area contributed by atoms with Gasteiger partial charge in [0, 0.05) is 37.2 Å². The summed E-state index contributed by atoms with van der Waals surface area (Å²) in [6.45, 7) is 6.58. The van der Waals surface area contributed by atoms with Crippen molar-refractivity contribution in [2.45, 2.75) is 20.4 Å². The number of hydrogen-bond acceptors (Lipinski definition) is 4. The van der Waals surface area contributed by atoms with E-state index in [9.17, 15) is 0 Å². The number of rotatable bonds is 8. The second-order valence-electron chi connectivity index (χ2n) is 6.76. The Bertz CT molecular complexity index is 953. The van der Waals surface area contributed by atoms with Crippen LogP contribution < -0.4 is 10.1 Å². The summed E-state index contributed by atoms with van der Waals surface area (Å²) in [7, 11) is 2.00. The number of aliphatic imine (C=N–C) groups is 1. The molecule has 0 radical (unpaired) electrons. The molecule has 0 fully saturated rings. The first-order valence-electron chi connectivity index (χ1n) is 9.90. The molecule has 8 heteroatoms. The van der Waals surface area contributed by atoms with E-state index in [1.54, 1.807) is 6.20 Å². The number of nitrogens with one attached hydrogen (secondary N) is 1. The largest absolute Gasteiger partial charge is 0.492 e. The Hall–Kier alpha value is -3.06. The van der Waals surface area contributed by atoms with Gasteiger partial charge in [-0.15, -0.1) is 0 Å². The van der Waals surface area contributed by atoms with Gasteiger partial charge < -0.3 is 15.0 Å². The fraction of sp³-hybridized carbons (Fsp3) is 0.318. The summed E-state index contributed by atoms with van der Waals surface area (Å²) in [5.41, 5.74) is 1.04. The summed E-state index contributed by atoms with van der Waals surface area (Å²) in [5.74, 6) is 3.38. The van der Waals surface area contributed by atoms with Gasteiger partial charge in [0.05, 0.1) is 13.1 Å². The minimum Gasteiger partial charge on any atom is -0.492 e. The van der Waals surface area contributed by atoms with Crippen molar-refractivity contribution in [1.82, 2.24) is 24.8 Å². The first kappa shape index (κ1) is 21.6. The summed E-state index contributed by atoms with van der Waals surface area (Å²) >= 11 is 5.90. The molecule has 0 saturated heterocycles. The van der Waals surface area contributed by atoms with Crippen molar-refractivity contribution >= 4 is 17.6 Å². The van der Waals surface area contributed by atoms with E-state index in [2.05, 4.69) is 27.1 Å². The smallest absolute Gasteiger partial charge is 0.194 e. The van der Waals surface area contributed by atoms with Crippen molar-refractivity contribution in [3.8, 4) is 11.6 Å². The monoisotopic (exact) mass is 426 g/mol. The predicted molar refractivity (Wildman–Crippen MR) is 120 cm³/mol. The van der Waals surface area contributed by atoms with Gasteiger partial charge in [-0.3, -0.25) is 4.57 Å². The number of nitrogens with zero attached hydrogens (tertiary/aromatic N) is 5. The maximum atomic E-state index is 5.90. The molecule has 1 aromatic carbocycles. The molecule has 158 valence electrons. The molecule has 3 aromatic rings. The van der Waals surface area contributed by atoms with Crippen molar-refractivity contribution < 1.29 is 4.74 Å². The van der Waals surface area contributed by atoms with Crippen LogP contribution in [0.3, 0.4) is 0 Å². The van der Waals surface area contributed by atoms with Crippen LogP contribution in [0.25, 0.3) is 5.82 Å². The second-order valence-corrected chi connectivity index (χ2v) is 7.20. The van der Waals surface area contributed by atoms with Gasteiger partial charge in [-0.25, -0.2) is 15.0 Å². The zero-order valence-corrected chi connectivity index (χ0v) is 18.3. The lowest BCUT2D eigenvalue weighted by atomic mass is 10.3. The van der Waals surface area contributed by atoms with Gasteiger partial charge in [-0.05, 0) is 49.7 Å². The lowest BCUT2D eigenvalue weighted by Crippen LogP contribution is -2.40. The third-order valence-electron chi connectivity index (χ3n) is 4.50. The fourth-order valence-corrected chi connectivity index (χ4v) is 2.97. The number of aromatic nitrogens is 3. The summed E-state index contributed by atoms with van der Waals surface area (Å²) in [6, 6.07) is 11.4. The van der Waals surface area contributed by atoms with E-state index in [-0.39, 0.29) is 0 Å². The maximum absolute atomic E-state index is 5.90. The van der Waals surface area contributed by atoms with Crippen LogP contribution >= 0.6 is 11.6 Å². The molecule has 0 amide bonds. The van der Waals surface area contributed by atoms with Crippen molar-refractivity contribution in [3.05, 3.63) is 71.4 Å². The molecule has 7 nitrogen and oxygen atoms in total. The number of aryl methyl sites for hydroxylation is 1. The average Bonchev–Trinajstić information content (AvgIpc) is 3.18. The molecule has 0 atom stereocenters. The predicted octanol–water partition coefficient (Wildman–Crippen LogP) is 3.71. The van der Waals surface area contributed by atoms with Crippen LogP contribution in [0.15, 0.2) is 60.0 Å². The van der Waals surface area contributed by atoms with Crippen LogP contribution in [0.4, 0.5) is 0 Å². The zero-order chi connectivity index (χ0) is 21.3. The minimum absolute atomic E-state index is 0.543. The quantitative estimate of drug-likeness (QED) is 0.439. The number of imidazole rings is 1. The third-order valence-corrected chi connectivity index (χ3v) is 4.75. The van der Waals surface area contributed by atoms with Gasteiger partial charge in [0.25, 0.3) is 0 Å². The summed E-state index contributed by atoms with van der Waals surface area (Å²) in [5, 5.41) is 4.02. The number of ether oxygens (including phenoxy) is 1. The fourth-order valence-electron chi connectivity index (χ4n) is 2.85. The molecule has 0 bridgehead atoms. The Labute approximate surface area is 182 Å². The topological polar surface area (TPSA) is 67.6 Å². The average molecular weight is 427 g/mol. The maximum Gasteiger partial charge on any atom is 0.194 e. The number of hydrogen-bond donors (Lipinski definition) is 1. The zero-order valence-electron chi connectivity index (χ0n) is 17.5. The number of halogens is 1. The van der Waals surface area contributed by atoms with E-state index in [0.29, 0.717) is 24.7 Å². The highest BCUT2D eigenvalue weighted by Gasteiger charge is 2.07. The highest BCUT2D eigenvalue weighted by Crippen LogP contribution is 2.15. The first-order valence-corrected chi connectivity index (χ1v) is 10.3. The van der Waals surface area contributed by atoms with Gasteiger partial charge in [-0.2, -0.15) is 0 Å². The Balaban J connectivity index is 1.56. The summed E-state index contributed by atoms with van der Waals surface area (Å²) in [6.07, 6.45) is 5.52. The van der Waals surface area contributed by atoms with Crippen molar-refractivity contribution in [1.29, 1.82) is 0 Å². The van der Waals surface area contributed by atoms with Gasteiger partial charge >= 0.3 is 0 Å². The van der Waals surface area contributed by atoms with E-state index < -0.39 is 0 Å². The van der Waals surface area contributed by atoms with Crippen LogP contribution in [0.2, 0.25) is 5.02 Å². The molecule has 3 rings (SSSR count). The molecular formula is C22H27ClN6O. The molecule has 2 aromatic heterocycles. The Kier molecular flexibility index (Phi) is 7.68. The molecule has 0 spiro atoms. The SMILES string of the molecule is CCNC(=NCc1ccc(-n2ccnc2C)nc1)N(C)CCOc1ccc(Cl)cc1. The van der Waals surface area contributed by atoms with Crippen molar-refractivity contribution in [2.24, 2.45) is 4.99 Å². The summed E-state index contributed by atoms with van der Waals surface area (Å²) in [4.78, 5) is 15.5. The van der Waals surface area contributed by atoms with Gasteiger partial charge in [0.2, 0.25) is 0 Å². The van der Waals surface area contributed by atoms with Crippen LogP contribution in [0.1, 0.15) is 18.3 Å². The molecule has 0 aliphatic heterocycles. The number of likely N-dealkylation sites (N-methyl/N-ethyl adjacent to an activating group) is 1. The van der Waals surface area contributed by atoms with Gasteiger partial charge in [-0.1, -0.05) is 17.7 Å². The van der Waals surface area contributed by atoms with Gasteiger partial charge in [0.1, 0.15) is 24.0 Å². The second kappa shape index (κ2) is 10.6. The first-order chi connectivity index (χ1) is 14.6. The number of guanidine groups is 1. The molecule has 0 aliphatic carbocycles. The highest BCUT2D eigenvalue weighted by molar-refractivity contribution is 6.30. The number of benzene rings is 1. The highest BCUT2D eigenvalue weighted by atomic mass is 35.5. The Morgan fingerprint density at radius 3 is 2.63 bits per heavy atom. The minimum atomic E-state index is 0.543. The lowest BCUT2D eigenvalue weighted by molar-refractivity contribution is 0.281. The molecule has 0 aliphatic rings. The molecule has 2 heterocycles. The van der Waals surface area contributed by atoms with Crippen LogP contribution in [-0.4, -0.2) is 52.1 Å². The van der Waals surface area contributed by atoms with E-state index in [4.69, 9.17) is 21.3 Å². The van der Waals surface area contributed by atoms with Crippen LogP contribution in [0.5, 0.6) is 5.75 Å². The lowest BCUT2D eigenvalue weighted by Gasteiger charge is -2.22. The molecule has 30 heavy (non-hydrogen) atoms. The molecular weight excluding hydrogens is 400 g/mol. The standard InChI is InChI=1S/C22H27ClN6O/c1-4-24-22(28(3)13-14-30-20-8-6-19(23)7-9-20)27-16-18-5-10-21(26-15-18)29-12-11-25-17(29)2/h5-12,15H,4,13-14,16H2,1-3H3,(H,24,27). The van der Waals surface area contributed by atoms with Gasteiger partial charge in [0.15, 0.2) is 5.96 Å². The third kappa shape index (κ3) is 5.97. The molecule has 1 N–H and O–H groups in total. The molecule has 0 saturated carbocycles. The van der Waals surface area contributed by atoms with E-state index >= 15 is 0 Å². The molecule has 0 unspecified atom stereocenters. The normalized spacial score (nSPS) is 11.4. The van der Waals surface area contributed by atoms with Crippen molar-refractivity contribution in [3.63, 3.8) is 0 Å². The summed E-state index contributed by atoms with van der Waals surface area (Å²) < 4.78 is 7.73. The van der Waals surface area contributed by atoms with E-state index in [1.165, 1.54) is 0 Å². The Morgan fingerprint density at radius 2 is 2.00 bits per heavy atom. The van der Waals surface area contributed by atoms with E-state index in [0.717, 1.165) is 35.5 Å². The van der Waals surface area contributed by atoms with Crippen LogP contribution in [0, 0.1) is 6.92 Å².